The monoisotopic (exact) mass is 300 g/mol. The van der Waals surface area contributed by atoms with Crippen LogP contribution in [0.1, 0.15) is 26.7 Å². The maximum atomic E-state index is 11.5. The normalized spacial score (nSPS) is 18.1. The van der Waals surface area contributed by atoms with Gasteiger partial charge in [0, 0.05) is 29.2 Å². The van der Waals surface area contributed by atoms with Crippen LogP contribution in [0.3, 0.4) is 0 Å². The molecule has 0 saturated carbocycles. The summed E-state index contributed by atoms with van der Waals surface area (Å²) in [5.74, 6) is -0.164. The maximum absolute atomic E-state index is 11.5. The van der Waals surface area contributed by atoms with Crippen LogP contribution < -0.4 is 9.64 Å². The number of carboxylic acids is 1. The van der Waals surface area contributed by atoms with E-state index >= 15 is 0 Å². The van der Waals surface area contributed by atoms with E-state index in [-0.39, 0.29) is 6.10 Å². The largest absolute Gasteiger partial charge is 0.480 e. The number of fused-ring (bicyclic) bond motifs is 1. The Morgan fingerprint density at radius 3 is 2.91 bits per heavy atom. The minimum absolute atomic E-state index is 0.0420. The first-order chi connectivity index (χ1) is 10.6. The zero-order valence-corrected chi connectivity index (χ0v) is 12.8. The lowest BCUT2D eigenvalue weighted by Crippen LogP contribution is -2.35. The van der Waals surface area contributed by atoms with Gasteiger partial charge in [0.05, 0.1) is 6.10 Å². The third kappa shape index (κ3) is 2.58. The van der Waals surface area contributed by atoms with E-state index in [4.69, 9.17) is 4.74 Å². The highest BCUT2D eigenvalue weighted by molar-refractivity contribution is 5.98. The van der Waals surface area contributed by atoms with Gasteiger partial charge >= 0.3 is 5.97 Å². The van der Waals surface area contributed by atoms with Crippen LogP contribution in [0.15, 0.2) is 30.5 Å². The molecule has 1 aromatic heterocycles. The average Bonchev–Trinajstić information content (AvgIpc) is 2.96. The summed E-state index contributed by atoms with van der Waals surface area (Å²) in [6.07, 6.45) is 3.34. The fourth-order valence-corrected chi connectivity index (χ4v) is 3.04. The zero-order valence-electron chi connectivity index (χ0n) is 12.8. The van der Waals surface area contributed by atoms with E-state index in [1.165, 1.54) is 0 Å². The number of aromatic nitrogens is 1. The highest BCUT2D eigenvalue weighted by Gasteiger charge is 2.31. The van der Waals surface area contributed by atoms with Gasteiger partial charge in [-0.25, -0.2) is 9.78 Å². The summed E-state index contributed by atoms with van der Waals surface area (Å²) in [4.78, 5) is 17.7. The van der Waals surface area contributed by atoms with Gasteiger partial charge in [0.2, 0.25) is 5.88 Å². The van der Waals surface area contributed by atoms with Crippen molar-refractivity contribution in [3.8, 4) is 5.88 Å². The van der Waals surface area contributed by atoms with Crippen LogP contribution in [0.5, 0.6) is 5.88 Å². The second-order valence-electron chi connectivity index (χ2n) is 5.84. The van der Waals surface area contributed by atoms with Gasteiger partial charge in [0.1, 0.15) is 6.04 Å². The van der Waals surface area contributed by atoms with Crippen molar-refractivity contribution in [3.05, 3.63) is 30.5 Å². The van der Waals surface area contributed by atoms with Crippen molar-refractivity contribution in [3.63, 3.8) is 0 Å². The molecule has 2 heterocycles. The fraction of sp³-hybridized carbons (Fsp3) is 0.412. The van der Waals surface area contributed by atoms with E-state index < -0.39 is 12.0 Å². The second-order valence-corrected chi connectivity index (χ2v) is 5.84. The molecule has 1 unspecified atom stereocenters. The van der Waals surface area contributed by atoms with Crippen LogP contribution in [0.25, 0.3) is 10.8 Å². The van der Waals surface area contributed by atoms with Gasteiger partial charge in [-0.1, -0.05) is 6.07 Å². The summed E-state index contributed by atoms with van der Waals surface area (Å²) in [5, 5.41) is 11.3. The Labute approximate surface area is 129 Å². The van der Waals surface area contributed by atoms with Crippen molar-refractivity contribution in [2.75, 3.05) is 11.4 Å². The van der Waals surface area contributed by atoms with E-state index in [2.05, 4.69) is 4.98 Å². The molecule has 0 spiro atoms. The summed E-state index contributed by atoms with van der Waals surface area (Å²) in [7, 11) is 0. The molecule has 116 valence electrons. The first kappa shape index (κ1) is 14.6. The molecule has 5 heteroatoms. The number of pyridine rings is 1. The fourth-order valence-electron chi connectivity index (χ4n) is 3.04. The number of benzene rings is 1. The van der Waals surface area contributed by atoms with Crippen molar-refractivity contribution in [2.24, 2.45) is 0 Å². The van der Waals surface area contributed by atoms with Gasteiger partial charge < -0.3 is 14.7 Å². The number of ether oxygens (including phenoxy) is 1. The Hall–Kier alpha value is -2.30. The van der Waals surface area contributed by atoms with Crippen molar-refractivity contribution in [2.45, 2.75) is 38.8 Å². The molecular formula is C17H20N2O3. The Morgan fingerprint density at radius 2 is 2.18 bits per heavy atom. The molecule has 0 aliphatic carbocycles. The SMILES string of the molecule is CC(C)Oc1nccc2c(N3CCCC3C(=O)O)cccc12. The lowest BCUT2D eigenvalue weighted by Gasteiger charge is -2.25. The van der Waals surface area contributed by atoms with Crippen molar-refractivity contribution < 1.29 is 14.6 Å². The van der Waals surface area contributed by atoms with Crippen molar-refractivity contribution in [1.82, 2.24) is 4.98 Å². The molecule has 1 saturated heterocycles. The lowest BCUT2D eigenvalue weighted by molar-refractivity contribution is -0.138. The molecule has 1 aliphatic heterocycles. The Balaban J connectivity index is 2.09. The number of anilines is 1. The zero-order chi connectivity index (χ0) is 15.7. The number of rotatable bonds is 4. The van der Waals surface area contributed by atoms with Crippen LogP contribution in [-0.4, -0.2) is 34.8 Å². The van der Waals surface area contributed by atoms with E-state index in [1.807, 2.05) is 43.0 Å². The highest BCUT2D eigenvalue weighted by atomic mass is 16.5. The lowest BCUT2D eigenvalue weighted by atomic mass is 10.1. The van der Waals surface area contributed by atoms with Crippen LogP contribution in [0, 0.1) is 0 Å². The quantitative estimate of drug-likeness (QED) is 0.940. The Bertz CT molecular complexity index is 699. The molecule has 2 aromatic rings. The van der Waals surface area contributed by atoms with Crippen molar-refractivity contribution >= 4 is 22.4 Å². The summed E-state index contributed by atoms with van der Waals surface area (Å²) in [5.41, 5.74) is 0.943. The molecule has 1 aliphatic rings. The minimum atomic E-state index is -0.762. The van der Waals surface area contributed by atoms with Gasteiger partial charge in [0.15, 0.2) is 0 Å². The number of nitrogens with zero attached hydrogens (tertiary/aromatic N) is 2. The van der Waals surface area contributed by atoms with Gasteiger partial charge in [-0.2, -0.15) is 0 Å². The third-order valence-corrected chi connectivity index (χ3v) is 3.94. The van der Waals surface area contributed by atoms with Crippen molar-refractivity contribution in [1.29, 1.82) is 0 Å². The molecule has 1 N–H and O–H groups in total. The van der Waals surface area contributed by atoms with Gasteiger partial charge in [-0.15, -0.1) is 0 Å². The molecule has 0 bridgehead atoms. The topological polar surface area (TPSA) is 62.7 Å². The first-order valence-electron chi connectivity index (χ1n) is 7.62. The predicted molar refractivity (Wildman–Crippen MR) is 85.5 cm³/mol. The third-order valence-electron chi connectivity index (χ3n) is 3.94. The Morgan fingerprint density at radius 1 is 1.36 bits per heavy atom. The summed E-state index contributed by atoms with van der Waals surface area (Å²) in [6, 6.07) is 7.35. The number of hydrogen-bond donors (Lipinski definition) is 1. The molecule has 1 fully saturated rings. The maximum Gasteiger partial charge on any atom is 0.326 e. The summed E-state index contributed by atoms with van der Waals surface area (Å²) < 4.78 is 5.77. The number of hydrogen-bond acceptors (Lipinski definition) is 4. The number of aliphatic carboxylic acids is 1. The standard InChI is InChI=1S/C17H20N2O3/c1-11(2)22-16-13-5-3-6-14(12(13)8-9-18-16)19-10-4-7-15(19)17(20)21/h3,5-6,8-9,11,15H,4,7,10H2,1-2H3,(H,20,21). The molecule has 22 heavy (non-hydrogen) atoms. The molecular weight excluding hydrogens is 280 g/mol. The molecule has 0 amide bonds. The van der Waals surface area contributed by atoms with E-state index in [9.17, 15) is 9.90 Å². The predicted octanol–water partition coefficient (Wildman–Crippen LogP) is 3.08. The molecule has 1 aromatic carbocycles. The van der Waals surface area contributed by atoms with Crippen LogP contribution >= 0.6 is 0 Å². The number of carboxylic acid groups (broad SMARTS) is 1. The second kappa shape index (κ2) is 5.83. The molecule has 5 nitrogen and oxygen atoms in total. The van der Waals surface area contributed by atoms with Gasteiger partial charge in [-0.3, -0.25) is 0 Å². The highest BCUT2D eigenvalue weighted by Crippen LogP contribution is 2.35. The summed E-state index contributed by atoms with van der Waals surface area (Å²) in [6.45, 7) is 4.69. The molecule has 1 atom stereocenters. The minimum Gasteiger partial charge on any atom is -0.480 e. The van der Waals surface area contributed by atoms with E-state index in [0.29, 0.717) is 12.3 Å². The number of carbonyl (C=O) groups is 1. The molecule has 0 radical (unpaired) electrons. The van der Waals surface area contributed by atoms with Gasteiger partial charge in [0.25, 0.3) is 0 Å². The Kier molecular flexibility index (Phi) is 3.88. The average molecular weight is 300 g/mol. The van der Waals surface area contributed by atoms with Crippen LogP contribution in [0.4, 0.5) is 5.69 Å². The van der Waals surface area contributed by atoms with Crippen LogP contribution in [-0.2, 0) is 4.79 Å². The smallest absolute Gasteiger partial charge is 0.326 e. The summed E-state index contributed by atoms with van der Waals surface area (Å²) >= 11 is 0. The van der Waals surface area contributed by atoms with Crippen LogP contribution in [0.2, 0.25) is 0 Å². The van der Waals surface area contributed by atoms with E-state index in [1.54, 1.807) is 6.20 Å². The van der Waals surface area contributed by atoms with E-state index in [0.717, 1.165) is 29.4 Å². The van der Waals surface area contributed by atoms with Gasteiger partial charge in [-0.05, 0) is 44.9 Å². The first-order valence-corrected chi connectivity index (χ1v) is 7.62. The molecule has 3 rings (SSSR count).